The quantitative estimate of drug-likeness (QED) is 0.726. The van der Waals surface area contributed by atoms with E-state index in [0.29, 0.717) is 29.2 Å². The number of amides is 1. The summed E-state index contributed by atoms with van der Waals surface area (Å²) in [6.07, 6.45) is 0.791. The van der Waals surface area contributed by atoms with E-state index in [0.717, 1.165) is 22.9 Å². The molecule has 1 aliphatic heterocycles. The molecular formula is C20H17ClN2O2. The van der Waals surface area contributed by atoms with Crippen molar-refractivity contribution in [2.45, 2.75) is 19.9 Å². The predicted octanol–water partition coefficient (Wildman–Crippen LogP) is 3.69. The number of hydrogen-bond acceptors (Lipinski definition) is 2. The molecule has 126 valence electrons. The molecule has 3 aromatic rings. The highest BCUT2D eigenvalue weighted by atomic mass is 35.5. The summed E-state index contributed by atoms with van der Waals surface area (Å²) in [5.74, 6) is -0.0613. The molecule has 25 heavy (non-hydrogen) atoms. The van der Waals surface area contributed by atoms with Crippen LogP contribution in [0.1, 0.15) is 27.0 Å². The minimum atomic E-state index is -0.0766. The molecule has 5 heteroatoms. The van der Waals surface area contributed by atoms with Gasteiger partial charge in [-0.05, 0) is 60.2 Å². The Bertz CT molecular complexity index is 1060. The molecule has 1 N–H and O–H groups in total. The lowest BCUT2D eigenvalue weighted by molar-refractivity contribution is 0.0735. The lowest BCUT2D eigenvalue weighted by Crippen LogP contribution is -2.36. The fourth-order valence-electron chi connectivity index (χ4n) is 3.35. The van der Waals surface area contributed by atoms with Crippen molar-refractivity contribution >= 4 is 28.4 Å². The molecule has 0 fully saturated rings. The van der Waals surface area contributed by atoms with Crippen LogP contribution >= 0.6 is 11.6 Å². The van der Waals surface area contributed by atoms with Crippen LogP contribution in [0, 0.1) is 6.92 Å². The summed E-state index contributed by atoms with van der Waals surface area (Å²) in [5, 5.41) is 1.50. The molecule has 0 spiro atoms. The number of nitrogens with zero attached hydrogens (tertiary/aromatic N) is 1. The molecule has 0 saturated carbocycles. The van der Waals surface area contributed by atoms with Crippen LogP contribution < -0.4 is 5.56 Å². The molecule has 0 bridgehead atoms. The Labute approximate surface area is 150 Å². The summed E-state index contributed by atoms with van der Waals surface area (Å²) in [7, 11) is 0. The number of hydrogen-bond donors (Lipinski definition) is 1. The lowest BCUT2D eigenvalue weighted by Gasteiger charge is -2.29. The zero-order valence-electron chi connectivity index (χ0n) is 13.8. The van der Waals surface area contributed by atoms with Crippen molar-refractivity contribution in [2.75, 3.05) is 6.54 Å². The van der Waals surface area contributed by atoms with Crippen molar-refractivity contribution in [3.8, 4) is 0 Å². The molecule has 4 rings (SSSR count). The van der Waals surface area contributed by atoms with Gasteiger partial charge >= 0.3 is 0 Å². The normalized spacial score (nSPS) is 13.8. The number of halogens is 1. The minimum absolute atomic E-state index is 0.0613. The molecule has 0 radical (unpaired) electrons. The number of aromatic nitrogens is 1. The van der Waals surface area contributed by atoms with Crippen LogP contribution in [0.3, 0.4) is 0 Å². The number of benzene rings is 2. The Morgan fingerprint density at radius 1 is 1.16 bits per heavy atom. The van der Waals surface area contributed by atoms with Gasteiger partial charge in [0, 0.05) is 24.2 Å². The maximum Gasteiger partial charge on any atom is 0.255 e. The second kappa shape index (κ2) is 6.05. The van der Waals surface area contributed by atoms with Gasteiger partial charge in [0.05, 0.1) is 10.6 Å². The van der Waals surface area contributed by atoms with Gasteiger partial charge < -0.3 is 9.88 Å². The molecule has 0 unspecified atom stereocenters. The monoisotopic (exact) mass is 352 g/mol. The van der Waals surface area contributed by atoms with Crippen molar-refractivity contribution in [3.05, 3.63) is 80.1 Å². The van der Waals surface area contributed by atoms with Crippen LogP contribution in [0.5, 0.6) is 0 Å². The zero-order valence-corrected chi connectivity index (χ0v) is 14.6. The van der Waals surface area contributed by atoms with E-state index in [1.807, 2.05) is 36.1 Å². The first-order chi connectivity index (χ1) is 12.0. The maximum atomic E-state index is 12.8. The fraction of sp³-hybridized carbons (Fsp3) is 0.200. The van der Waals surface area contributed by atoms with E-state index < -0.39 is 0 Å². The maximum absolute atomic E-state index is 12.8. The first kappa shape index (κ1) is 15.9. The lowest BCUT2D eigenvalue weighted by atomic mass is 9.96. The Morgan fingerprint density at radius 3 is 2.76 bits per heavy atom. The number of H-pyrrole nitrogens is 1. The largest absolute Gasteiger partial charge is 0.334 e. The highest BCUT2D eigenvalue weighted by Crippen LogP contribution is 2.26. The van der Waals surface area contributed by atoms with Gasteiger partial charge in [-0.1, -0.05) is 23.7 Å². The first-order valence-corrected chi connectivity index (χ1v) is 8.60. The molecule has 0 aliphatic carbocycles. The van der Waals surface area contributed by atoms with E-state index in [4.69, 9.17) is 11.6 Å². The number of nitrogens with one attached hydrogen (secondary N) is 1. The van der Waals surface area contributed by atoms with E-state index in [9.17, 15) is 9.59 Å². The van der Waals surface area contributed by atoms with Gasteiger partial charge in [0.2, 0.25) is 0 Å². The standard InChI is InChI=1S/C20H17ClN2O2/c1-12-8-14-9-13-6-7-23(11-15(13)10-18(14)22-19(12)24)20(25)16-4-2-3-5-17(16)21/h2-5,8-10H,6-7,11H2,1H3,(H,22,24). The fourth-order valence-corrected chi connectivity index (χ4v) is 3.57. The van der Waals surface area contributed by atoms with E-state index >= 15 is 0 Å². The van der Waals surface area contributed by atoms with Crippen molar-refractivity contribution in [2.24, 2.45) is 0 Å². The van der Waals surface area contributed by atoms with Crippen LogP contribution in [0.15, 0.2) is 47.3 Å². The molecule has 0 atom stereocenters. The van der Waals surface area contributed by atoms with Crippen molar-refractivity contribution in [1.29, 1.82) is 0 Å². The third-order valence-electron chi connectivity index (χ3n) is 4.75. The average Bonchev–Trinajstić information content (AvgIpc) is 2.60. The van der Waals surface area contributed by atoms with Gasteiger partial charge in [-0.3, -0.25) is 9.59 Å². The van der Waals surface area contributed by atoms with E-state index in [-0.39, 0.29) is 11.5 Å². The molecule has 1 aliphatic rings. The smallest absolute Gasteiger partial charge is 0.255 e. The van der Waals surface area contributed by atoms with Gasteiger partial charge in [0.25, 0.3) is 11.5 Å². The highest BCUT2D eigenvalue weighted by Gasteiger charge is 2.23. The van der Waals surface area contributed by atoms with Crippen LogP contribution in [-0.2, 0) is 13.0 Å². The highest BCUT2D eigenvalue weighted by molar-refractivity contribution is 6.33. The summed E-state index contributed by atoms with van der Waals surface area (Å²) in [6.45, 7) is 2.98. The van der Waals surface area contributed by atoms with E-state index in [1.54, 1.807) is 12.1 Å². The molecule has 0 saturated heterocycles. The Balaban J connectivity index is 1.70. The SMILES string of the molecule is Cc1cc2cc3c(cc2[nH]c1=O)CN(C(=O)c1ccccc1Cl)CC3. The topological polar surface area (TPSA) is 53.2 Å². The van der Waals surface area contributed by atoms with Crippen LogP contribution in [0.2, 0.25) is 5.02 Å². The number of rotatable bonds is 1. The molecule has 1 amide bonds. The van der Waals surface area contributed by atoms with Gasteiger partial charge in [-0.2, -0.15) is 0 Å². The minimum Gasteiger partial charge on any atom is -0.334 e. The molecule has 1 aromatic heterocycles. The number of aromatic amines is 1. The van der Waals surface area contributed by atoms with Gasteiger partial charge in [-0.25, -0.2) is 0 Å². The zero-order chi connectivity index (χ0) is 17.6. The van der Waals surface area contributed by atoms with Crippen LogP contribution in [-0.4, -0.2) is 22.3 Å². The molecule has 4 nitrogen and oxygen atoms in total. The van der Waals surface area contributed by atoms with Gasteiger partial charge in [-0.15, -0.1) is 0 Å². The summed E-state index contributed by atoms with van der Waals surface area (Å²) >= 11 is 6.16. The summed E-state index contributed by atoms with van der Waals surface area (Å²) < 4.78 is 0. The number of aryl methyl sites for hydroxylation is 1. The second-order valence-corrected chi connectivity index (χ2v) is 6.85. The summed E-state index contributed by atoms with van der Waals surface area (Å²) in [6, 6.07) is 13.1. The Morgan fingerprint density at radius 2 is 1.96 bits per heavy atom. The van der Waals surface area contributed by atoms with E-state index in [2.05, 4.69) is 11.1 Å². The first-order valence-electron chi connectivity index (χ1n) is 8.22. The number of carbonyl (C=O) groups excluding carboxylic acids is 1. The Kier molecular flexibility index (Phi) is 3.85. The third kappa shape index (κ3) is 2.83. The number of carbonyl (C=O) groups is 1. The number of fused-ring (bicyclic) bond motifs is 2. The third-order valence-corrected chi connectivity index (χ3v) is 5.08. The Hall–Kier alpha value is -2.59. The molecule has 2 heterocycles. The second-order valence-electron chi connectivity index (χ2n) is 6.45. The molecular weight excluding hydrogens is 336 g/mol. The van der Waals surface area contributed by atoms with Crippen LogP contribution in [0.25, 0.3) is 10.9 Å². The summed E-state index contributed by atoms with van der Waals surface area (Å²) in [5.41, 5.74) is 4.26. The van der Waals surface area contributed by atoms with Crippen LogP contribution in [0.4, 0.5) is 0 Å². The van der Waals surface area contributed by atoms with Crippen molar-refractivity contribution in [3.63, 3.8) is 0 Å². The number of pyridine rings is 1. The summed E-state index contributed by atoms with van der Waals surface area (Å²) in [4.78, 5) is 29.4. The molecule has 2 aromatic carbocycles. The van der Waals surface area contributed by atoms with Gasteiger partial charge in [0.1, 0.15) is 0 Å². The average molecular weight is 353 g/mol. The van der Waals surface area contributed by atoms with E-state index in [1.165, 1.54) is 5.56 Å². The predicted molar refractivity (Wildman–Crippen MR) is 99.2 cm³/mol. The van der Waals surface area contributed by atoms with Gasteiger partial charge in [0.15, 0.2) is 0 Å². The van der Waals surface area contributed by atoms with Crippen molar-refractivity contribution < 1.29 is 4.79 Å². The van der Waals surface area contributed by atoms with Crippen molar-refractivity contribution in [1.82, 2.24) is 9.88 Å².